The zero-order chi connectivity index (χ0) is 13.0. The van der Waals surface area contributed by atoms with E-state index in [0.29, 0.717) is 12.0 Å². The summed E-state index contributed by atoms with van der Waals surface area (Å²) in [5.74, 6) is -0.350. The maximum Gasteiger partial charge on any atom is 0.247 e. The third kappa shape index (κ3) is 3.79. The van der Waals surface area contributed by atoms with Crippen molar-refractivity contribution < 1.29 is 15.1 Å². The molecular weight excluding hydrogens is 222 g/mol. The Hall–Kier alpha value is -2.04. The molecule has 92 valence electrons. The van der Waals surface area contributed by atoms with Gasteiger partial charge in [0.05, 0.1) is 4.92 Å². The number of aromatic hydroxyl groups is 2. The summed E-state index contributed by atoms with van der Waals surface area (Å²) in [5.41, 5.74) is 0.581. The van der Waals surface area contributed by atoms with E-state index in [2.05, 4.69) is 0 Å². The van der Waals surface area contributed by atoms with Gasteiger partial charge in [-0.15, -0.1) is 0 Å². The predicted octanol–water partition coefficient (Wildman–Crippen LogP) is 2.76. The highest BCUT2D eigenvalue weighted by Gasteiger charge is 2.13. The smallest absolute Gasteiger partial charge is 0.247 e. The Morgan fingerprint density at radius 1 is 1.41 bits per heavy atom. The van der Waals surface area contributed by atoms with E-state index < -0.39 is 4.92 Å². The van der Waals surface area contributed by atoms with Crippen molar-refractivity contribution in [3.63, 3.8) is 0 Å². The van der Waals surface area contributed by atoms with Gasteiger partial charge in [0.1, 0.15) is 0 Å². The van der Waals surface area contributed by atoms with Crippen molar-refractivity contribution in [1.29, 1.82) is 0 Å². The van der Waals surface area contributed by atoms with Crippen molar-refractivity contribution in [3.05, 3.63) is 39.6 Å². The lowest BCUT2D eigenvalue weighted by atomic mass is 10.1. The van der Waals surface area contributed by atoms with Gasteiger partial charge in [-0.05, 0) is 23.6 Å². The summed E-state index contributed by atoms with van der Waals surface area (Å²) in [4.78, 5) is 10.4. The van der Waals surface area contributed by atoms with Crippen LogP contribution in [0.2, 0.25) is 0 Å². The molecule has 0 aromatic heterocycles. The summed E-state index contributed by atoms with van der Waals surface area (Å²) in [6.07, 6.45) is 1.76. The molecule has 0 saturated carbocycles. The Labute approximate surface area is 99.2 Å². The van der Waals surface area contributed by atoms with Gasteiger partial charge in [0.25, 0.3) is 0 Å². The second-order valence-electron chi connectivity index (χ2n) is 4.24. The van der Waals surface area contributed by atoms with Gasteiger partial charge in [-0.1, -0.05) is 19.9 Å². The number of phenols is 2. The summed E-state index contributed by atoms with van der Waals surface area (Å²) in [5, 5.41) is 29.2. The highest BCUT2D eigenvalue weighted by molar-refractivity contribution is 5.56. The molecule has 0 bridgehead atoms. The molecule has 0 fully saturated rings. The van der Waals surface area contributed by atoms with Crippen molar-refractivity contribution in [1.82, 2.24) is 0 Å². The quantitative estimate of drug-likeness (QED) is 0.479. The molecule has 0 aliphatic rings. The molecule has 2 N–H and O–H groups in total. The van der Waals surface area contributed by atoms with Crippen LogP contribution in [0.3, 0.4) is 0 Å². The molecule has 1 aromatic carbocycles. The summed E-state index contributed by atoms with van der Waals surface area (Å²) in [6, 6.07) is 4.10. The van der Waals surface area contributed by atoms with Crippen LogP contribution in [0.1, 0.15) is 25.8 Å². The molecule has 0 saturated heterocycles. The lowest BCUT2D eigenvalue weighted by Gasteiger charge is -2.03. The first kappa shape index (κ1) is 13.0. The highest BCUT2D eigenvalue weighted by atomic mass is 16.6. The average molecular weight is 237 g/mol. The molecule has 0 heterocycles. The first-order valence-electron chi connectivity index (χ1n) is 5.27. The molecule has 1 rings (SSSR count). The van der Waals surface area contributed by atoms with Crippen LogP contribution < -0.4 is 0 Å². The summed E-state index contributed by atoms with van der Waals surface area (Å²) in [6.45, 7) is 3.79. The zero-order valence-corrected chi connectivity index (χ0v) is 9.75. The maximum atomic E-state index is 10.8. The maximum absolute atomic E-state index is 10.8. The molecular formula is C12H15NO4. The molecule has 5 nitrogen and oxygen atoms in total. The number of allylic oxidation sites excluding steroid dienone is 1. The van der Waals surface area contributed by atoms with E-state index in [1.807, 2.05) is 13.8 Å². The Morgan fingerprint density at radius 2 is 2.06 bits per heavy atom. The van der Waals surface area contributed by atoms with Crippen LogP contribution in [0, 0.1) is 16.0 Å². The van der Waals surface area contributed by atoms with Crippen LogP contribution in [-0.4, -0.2) is 15.1 Å². The molecule has 5 heteroatoms. The standard InChI is InChI=1S/C12H15NO4/c1-8(2)5-10(13(16)17)6-9-3-4-11(14)12(15)7-9/h3-4,6-8,14-15H,5H2,1-2H3. The first-order valence-corrected chi connectivity index (χ1v) is 5.27. The van der Waals surface area contributed by atoms with Crippen molar-refractivity contribution >= 4 is 6.08 Å². The zero-order valence-electron chi connectivity index (χ0n) is 9.75. The molecule has 0 aliphatic heterocycles. The number of nitrogens with zero attached hydrogens (tertiary/aromatic N) is 1. The van der Waals surface area contributed by atoms with Gasteiger partial charge in [-0.3, -0.25) is 10.1 Å². The second-order valence-corrected chi connectivity index (χ2v) is 4.24. The summed E-state index contributed by atoms with van der Waals surface area (Å²) < 4.78 is 0. The second kappa shape index (κ2) is 5.34. The van der Waals surface area contributed by atoms with Crippen molar-refractivity contribution in [3.8, 4) is 11.5 Å². The molecule has 0 atom stereocenters. The number of nitro groups is 1. The fourth-order valence-corrected chi connectivity index (χ4v) is 1.43. The fraction of sp³-hybridized carbons (Fsp3) is 0.333. The Kier molecular flexibility index (Phi) is 4.09. The lowest BCUT2D eigenvalue weighted by Crippen LogP contribution is -2.02. The van der Waals surface area contributed by atoms with Crippen LogP contribution in [0.15, 0.2) is 23.9 Å². The minimum absolute atomic E-state index is 0.0880. The van der Waals surface area contributed by atoms with Crippen LogP contribution in [-0.2, 0) is 0 Å². The topological polar surface area (TPSA) is 83.6 Å². The molecule has 1 aromatic rings. The predicted molar refractivity (Wildman–Crippen MR) is 64.2 cm³/mol. The minimum Gasteiger partial charge on any atom is -0.504 e. The Bertz CT molecular complexity index is 452. The molecule has 17 heavy (non-hydrogen) atoms. The molecule has 0 aliphatic carbocycles. The van der Waals surface area contributed by atoms with Gasteiger partial charge in [0.2, 0.25) is 5.70 Å². The summed E-state index contributed by atoms with van der Waals surface area (Å²) >= 11 is 0. The SMILES string of the molecule is CC(C)CC(=Cc1ccc(O)c(O)c1)[N+](=O)[O-]. The van der Waals surface area contributed by atoms with E-state index in [1.165, 1.54) is 24.3 Å². The van der Waals surface area contributed by atoms with Crippen molar-refractivity contribution in [2.75, 3.05) is 0 Å². The van der Waals surface area contributed by atoms with E-state index >= 15 is 0 Å². The molecule has 0 spiro atoms. The minimum atomic E-state index is -0.427. The molecule has 0 unspecified atom stereocenters. The van der Waals surface area contributed by atoms with Crippen LogP contribution >= 0.6 is 0 Å². The largest absolute Gasteiger partial charge is 0.504 e. The lowest BCUT2D eigenvalue weighted by molar-refractivity contribution is -0.427. The van der Waals surface area contributed by atoms with Gasteiger partial charge in [-0.2, -0.15) is 0 Å². The van der Waals surface area contributed by atoms with E-state index in [9.17, 15) is 15.2 Å². The number of rotatable bonds is 4. The monoisotopic (exact) mass is 237 g/mol. The van der Waals surface area contributed by atoms with Gasteiger partial charge in [-0.25, -0.2) is 0 Å². The average Bonchev–Trinajstić information content (AvgIpc) is 2.21. The van der Waals surface area contributed by atoms with Gasteiger partial charge in [0, 0.05) is 12.5 Å². The van der Waals surface area contributed by atoms with Crippen LogP contribution in [0.4, 0.5) is 0 Å². The normalized spacial score (nSPS) is 11.8. The van der Waals surface area contributed by atoms with Crippen LogP contribution in [0.25, 0.3) is 6.08 Å². The fourth-order valence-electron chi connectivity index (χ4n) is 1.43. The van der Waals surface area contributed by atoms with E-state index in [1.54, 1.807) is 0 Å². The number of phenolic OH excluding ortho intramolecular Hbond substituents is 2. The Balaban J connectivity index is 3.04. The number of benzene rings is 1. The number of hydrogen-bond donors (Lipinski definition) is 2. The van der Waals surface area contributed by atoms with Crippen molar-refractivity contribution in [2.45, 2.75) is 20.3 Å². The summed E-state index contributed by atoms with van der Waals surface area (Å²) in [7, 11) is 0. The van der Waals surface area contributed by atoms with E-state index in [0.717, 1.165) is 0 Å². The van der Waals surface area contributed by atoms with Gasteiger partial charge in [0.15, 0.2) is 11.5 Å². The van der Waals surface area contributed by atoms with E-state index in [-0.39, 0.29) is 23.1 Å². The van der Waals surface area contributed by atoms with E-state index in [4.69, 9.17) is 5.11 Å². The molecule has 0 radical (unpaired) electrons. The first-order chi connectivity index (χ1) is 7.90. The van der Waals surface area contributed by atoms with Gasteiger partial charge >= 0.3 is 0 Å². The highest BCUT2D eigenvalue weighted by Crippen LogP contribution is 2.26. The van der Waals surface area contributed by atoms with Crippen molar-refractivity contribution in [2.24, 2.45) is 5.92 Å². The number of hydrogen-bond acceptors (Lipinski definition) is 4. The van der Waals surface area contributed by atoms with Gasteiger partial charge < -0.3 is 10.2 Å². The van der Waals surface area contributed by atoms with Crippen LogP contribution in [0.5, 0.6) is 11.5 Å². The third-order valence-corrected chi connectivity index (χ3v) is 2.18. The molecule has 0 amide bonds. The third-order valence-electron chi connectivity index (χ3n) is 2.18. The Morgan fingerprint density at radius 3 is 2.53 bits per heavy atom.